The van der Waals surface area contributed by atoms with E-state index < -0.39 is 5.60 Å². The van der Waals surface area contributed by atoms with E-state index >= 15 is 0 Å². The third-order valence-corrected chi connectivity index (χ3v) is 2.72. The summed E-state index contributed by atoms with van der Waals surface area (Å²) in [5.41, 5.74) is 11.4. The second kappa shape index (κ2) is 4.05. The Balaban J connectivity index is 2.85. The van der Waals surface area contributed by atoms with Crippen LogP contribution in [0.2, 0.25) is 0 Å². The van der Waals surface area contributed by atoms with Gasteiger partial charge in [0.15, 0.2) is 0 Å². The highest BCUT2D eigenvalue weighted by molar-refractivity contribution is 5.12. The molecular weight excluding hydrogens is 164 g/mol. The molecule has 1 rings (SSSR count). The molecule has 4 N–H and O–H groups in total. The van der Waals surface area contributed by atoms with E-state index in [9.17, 15) is 0 Å². The fraction of sp³-hybridized carbons (Fsp3) is 0.600. The van der Waals surface area contributed by atoms with E-state index in [1.54, 1.807) is 12.2 Å². The van der Waals surface area contributed by atoms with E-state index in [4.69, 9.17) is 16.2 Å². The Morgan fingerprint density at radius 1 is 1.23 bits per heavy atom. The van der Waals surface area contributed by atoms with Crippen molar-refractivity contribution >= 4 is 0 Å². The van der Waals surface area contributed by atoms with Crippen LogP contribution in [-0.4, -0.2) is 24.3 Å². The number of hydrogen-bond acceptors (Lipinski definition) is 3. The number of nitrogens with two attached hydrogens (primary N) is 2. The van der Waals surface area contributed by atoms with Crippen LogP contribution in [-0.2, 0) is 4.74 Å². The average Bonchev–Trinajstić information content (AvgIpc) is 2.65. The Kier molecular flexibility index (Phi) is 3.25. The summed E-state index contributed by atoms with van der Waals surface area (Å²) in [6, 6.07) is -0.439. The number of rotatable bonds is 4. The van der Waals surface area contributed by atoms with Crippen molar-refractivity contribution in [2.45, 2.75) is 30.5 Å². The van der Waals surface area contributed by atoms with Crippen LogP contribution >= 0.6 is 0 Å². The number of ether oxygens (including phenoxy) is 1. The summed E-state index contributed by atoms with van der Waals surface area (Å²) < 4.78 is 5.65. The quantitative estimate of drug-likeness (QED) is 0.625. The zero-order chi connectivity index (χ0) is 9.90. The van der Waals surface area contributed by atoms with Gasteiger partial charge in [-0.3, -0.25) is 0 Å². The maximum Gasteiger partial charge on any atom is 0.105 e. The van der Waals surface area contributed by atoms with Gasteiger partial charge in [-0.25, -0.2) is 0 Å². The molecule has 1 aliphatic rings. The lowest BCUT2D eigenvalue weighted by molar-refractivity contribution is -0.0151. The summed E-state index contributed by atoms with van der Waals surface area (Å²) in [5, 5.41) is 0. The van der Waals surface area contributed by atoms with Gasteiger partial charge in [-0.2, -0.15) is 0 Å². The van der Waals surface area contributed by atoms with Crippen LogP contribution in [0, 0.1) is 0 Å². The van der Waals surface area contributed by atoms with Crippen LogP contribution in [0.25, 0.3) is 0 Å². The molecule has 1 fully saturated rings. The van der Waals surface area contributed by atoms with Crippen LogP contribution in [0.4, 0.5) is 0 Å². The molecule has 0 radical (unpaired) electrons. The fourth-order valence-electron chi connectivity index (χ4n) is 1.83. The van der Waals surface area contributed by atoms with Gasteiger partial charge in [0.2, 0.25) is 0 Å². The molecule has 0 saturated carbocycles. The minimum atomic E-state index is -0.469. The summed E-state index contributed by atoms with van der Waals surface area (Å²) in [7, 11) is 0. The monoisotopic (exact) mass is 182 g/mol. The molecule has 1 saturated heterocycles. The van der Waals surface area contributed by atoms with Crippen molar-refractivity contribution in [1.29, 1.82) is 0 Å². The molecule has 0 aromatic rings. The molecule has 0 amide bonds. The van der Waals surface area contributed by atoms with Crippen LogP contribution in [0.1, 0.15) is 12.8 Å². The topological polar surface area (TPSA) is 61.3 Å². The molecule has 1 heterocycles. The van der Waals surface area contributed by atoms with Crippen molar-refractivity contribution in [3.05, 3.63) is 25.3 Å². The molecule has 1 aliphatic heterocycles. The van der Waals surface area contributed by atoms with Crippen molar-refractivity contribution in [2.24, 2.45) is 11.5 Å². The third-order valence-electron chi connectivity index (χ3n) is 2.72. The lowest BCUT2D eigenvalue weighted by Crippen LogP contribution is -2.57. The molecule has 0 aromatic heterocycles. The van der Waals surface area contributed by atoms with Gasteiger partial charge in [-0.05, 0) is 12.8 Å². The molecule has 0 bridgehead atoms. The van der Waals surface area contributed by atoms with E-state index in [1.165, 1.54) is 0 Å². The van der Waals surface area contributed by atoms with E-state index in [0.29, 0.717) is 0 Å². The Hall–Kier alpha value is -0.640. The predicted octanol–water partition coefficient (Wildman–Crippen LogP) is 0.562. The van der Waals surface area contributed by atoms with Gasteiger partial charge in [0, 0.05) is 6.61 Å². The zero-order valence-corrected chi connectivity index (χ0v) is 7.91. The Morgan fingerprint density at radius 2 is 1.77 bits per heavy atom. The SMILES string of the molecule is C=CC(N)C1(C(N)C=C)CCCO1. The molecule has 74 valence electrons. The largest absolute Gasteiger partial charge is 0.371 e. The molecule has 3 nitrogen and oxygen atoms in total. The maximum atomic E-state index is 5.92. The van der Waals surface area contributed by atoms with E-state index in [-0.39, 0.29) is 12.1 Å². The summed E-state index contributed by atoms with van der Waals surface area (Å²) in [5.74, 6) is 0. The predicted molar refractivity (Wildman–Crippen MR) is 54.3 cm³/mol. The smallest absolute Gasteiger partial charge is 0.105 e. The van der Waals surface area contributed by atoms with Crippen LogP contribution < -0.4 is 11.5 Å². The van der Waals surface area contributed by atoms with Gasteiger partial charge in [0.1, 0.15) is 5.60 Å². The van der Waals surface area contributed by atoms with Crippen molar-refractivity contribution in [3.8, 4) is 0 Å². The van der Waals surface area contributed by atoms with Crippen molar-refractivity contribution in [1.82, 2.24) is 0 Å². The maximum absolute atomic E-state index is 5.92. The zero-order valence-electron chi connectivity index (χ0n) is 7.91. The second-order valence-corrected chi connectivity index (χ2v) is 3.43. The first-order valence-electron chi connectivity index (χ1n) is 4.57. The van der Waals surface area contributed by atoms with E-state index in [1.807, 2.05) is 0 Å². The Bertz CT molecular complexity index is 181. The highest BCUT2D eigenvalue weighted by Crippen LogP contribution is 2.31. The van der Waals surface area contributed by atoms with Crippen LogP contribution in [0.15, 0.2) is 25.3 Å². The van der Waals surface area contributed by atoms with Gasteiger partial charge >= 0.3 is 0 Å². The molecule has 2 unspecified atom stereocenters. The first-order valence-corrected chi connectivity index (χ1v) is 4.57. The molecule has 0 aromatic carbocycles. The van der Waals surface area contributed by atoms with E-state index in [2.05, 4.69) is 13.2 Å². The normalized spacial score (nSPS) is 32.5. The minimum Gasteiger partial charge on any atom is -0.371 e. The third kappa shape index (κ3) is 1.68. The van der Waals surface area contributed by atoms with Gasteiger partial charge in [0.05, 0.1) is 12.1 Å². The van der Waals surface area contributed by atoms with Crippen LogP contribution in [0.3, 0.4) is 0 Å². The molecule has 0 spiro atoms. The van der Waals surface area contributed by atoms with Crippen molar-refractivity contribution in [2.75, 3.05) is 6.61 Å². The minimum absolute atomic E-state index is 0.219. The van der Waals surface area contributed by atoms with E-state index in [0.717, 1.165) is 19.4 Å². The van der Waals surface area contributed by atoms with Gasteiger partial charge in [0.25, 0.3) is 0 Å². The lowest BCUT2D eigenvalue weighted by atomic mass is 9.84. The molecule has 0 aliphatic carbocycles. The van der Waals surface area contributed by atoms with Crippen molar-refractivity contribution in [3.63, 3.8) is 0 Å². The molecule has 3 heteroatoms. The lowest BCUT2D eigenvalue weighted by Gasteiger charge is -2.36. The average molecular weight is 182 g/mol. The van der Waals surface area contributed by atoms with Crippen LogP contribution in [0.5, 0.6) is 0 Å². The first-order chi connectivity index (χ1) is 6.17. The van der Waals surface area contributed by atoms with Gasteiger partial charge in [-0.15, -0.1) is 13.2 Å². The summed E-state index contributed by atoms with van der Waals surface area (Å²) in [6.45, 7) is 8.07. The standard InChI is InChI=1S/C10H18N2O/c1-3-8(11)10(9(12)4-2)6-5-7-13-10/h3-4,8-9H,1-2,5-7,11-12H2. The highest BCUT2D eigenvalue weighted by atomic mass is 16.5. The van der Waals surface area contributed by atoms with Crippen molar-refractivity contribution < 1.29 is 4.74 Å². The highest BCUT2D eigenvalue weighted by Gasteiger charge is 2.43. The summed E-state index contributed by atoms with van der Waals surface area (Å²) in [6.07, 6.45) is 5.26. The molecule has 2 atom stereocenters. The summed E-state index contributed by atoms with van der Waals surface area (Å²) in [4.78, 5) is 0. The summed E-state index contributed by atoms with van der Waals surface area (Å²) >= 11 is 0. The number of hydrogen-bond donors (Lipinski definition) is 2. The second-order valence-electron chi connectivity index (χ2n) is 3.43. The Labute approximate surface area is 79.4 Å². The Morgan fingerprint density at radius 3 is 2.08 bits per heavy atom. The van der Waals surface area contributed by atoms with Gasteiger partial charge in [-0.1, -0.05) is 12.2 Å². The fourth-order valence-corrected chi connectivity index (χ4v) is 1.83. The molecular formula is C10H18N2O. The van der Waals surface area contributed by atoms with Gasteiger partial charge < -0.3 is 16.2 Å². The molecule has 13 heavy (non-hydrogen) atoms. The first kappa shape index (κ1) is 10.4.